The number of alkyl carbamates (subject to hydrolysis) is 1. The lowest BCUT2D eigenvalue weighted by molar-refractivity contribution is 0.0290. The molecule has 2 aliphatic rings. The normalized spacial score (nSPS) is 30.0. The molecule has 0 bridgehead atoms. The van der Waals surface area contributed by atoms with Crippen LogP contribution in [-0.4, -0.2) is 32.0 Å². The molecule has 4 nitrogen and oxygen atoms in total. The highest BCUT2D eigenvalue weighted by Crippen LogP contribution is 2.18. The summed E-state index contributed by atoms with van der Waals surface area (Å²) in [6, 6.07) is 0. The third-order valence-corrected chi connectivity index (χ3v) is 2.78. The van der Waals surface area contributed by atoms with Gasteiger partial charge in [0.25, 0.3) is 0 Å². The fourth-order valence-corrected chi connectivity index (χ4v) is 1.90. The van der Waals surface area contributed by atoms with Crippen LogP contribution in [0.25, 0.3) is 0 Å². The molecule has 0 saturated carbocycles. The Bertz CT molecular complexity index is 248. The molecule has 15 heavy (non-hydrogen) atoms. The van der Waals surface area contributed by atoms with Crippen molar-refractivity contribution in [3.05, 3.63) is 12.2 Å². The van der Waals surface area contributed by atoms with Crippen LogP contribution in [0.3, 0.4) is 0 Å². The molecule has 0 unspecified atom stereocenters. The number of amides is 1. The molecule has 1 aliphatic heterocycles. The van der Waals surface area contributed by atoms with Crippen molar-refractivity contribution in [2.45, 2.75) is 25.4 Å². The lowest BCUT2D eigenvalue weighted by atomic mass is 9.95. The second kappa shape index (κ2) is 5.16. The van der Waals surface area contributed by atoms with Gasteiger partial charge in [0.1, 0.15) is 6.10 Å². The van der Waals surface area contributed by atoms with Crippen molar-refractivity contribution in [3.8, 4) is 0 Å². The molecule has 0 spiro atoms. The quantitative estimate of drug-likeness (QED) is 0.716. The zero-order valence-electron chi connectivity index (χ0n) is 8.78. The minimum absolute atomic E-state index is 0.100. The van der Waals surface area contributed by atoms with Crippen LogP contribution in [0.4, 0.5) is 4.79 Å². The van der Waals surface area contributed by atoms with Gasteiger partial charge >= 0.3 is 6.09 Å². The molecule has 0 aromatic carbocycles. The Kier molecular flexibility index (Phi) is 3.61. The Morgan fingerprint density at radius 3 is 3.07 bits per heavy atom. The van der Waals surface area contributed by atoms with Crippen molar-refractivity contribution in [1.82, 2.24) is 5.32 Å². The van der Waals surface area contributed by atoms with E-state index in [1.807, 2.05) is 0 Å². The average Bonchev–Trinajstić information content (AvgIpc) is 2.66. The highest BCUT2D eigenvalue weighted by Gasteiger charge is 2.22. The van der Waals surface area contributed by atoms with E-state index < -0.39 is 0 Å². The fraction of sp³-hybridized carbons (Fsp3) is 0.727. The predicted octanol–water partition coefficient (Wildman–Crippen LogP) is 1.47. The molecule has 2 atom stereocenters. The van der Waals surface area contributed by atoms with Gasteiger partial charge in [-0.25, -0.2) is 4.79 Å². The first-order valence-electron chi connectivity index (χ1n) is 5.52. The van der Waals surface area contributed by atoms with Crippen LogP contribution < -0.4 is 5.32 Å². The van der Waals surface area contributed by atoms with Crippen molar-refractivity contribution in [2.24, 2.45) is 5.92 Å². The van der Waals surface area contributed by atoms with Gasteiger partial charge < -0.3 is 14.8 Å². The summed E-state index contributed by atoms with van der Waals surface area (Å²) in [4.78, 5) is 10.7. The average molecular weight is 211 g/mol. The van der Waals surface area contributed by atoms with Gasteiger partial charge in [-0.1, -0.05) is 12.2 Å². The third kappa shape index (κ3) is 3.23. The second-order valence-electron chi connectivity index (χ2n) is 4.10. The molecular weight excluding hydrogens is 194 g/mol. The first kappa shape index (κ1) is 10.5. The molecule has 0 radical (unpaired) electrons. The lowest BCUT2D eigenvalue weighted by Gasteiger charge is -2.18. The van der Waals surface area contributed by atoms with Gasteiger partial charge in [0, 0.05) is 6.61 Å². The van der Waals surface area contributed by atoms with Crippen molar-refractivity contribution < 1.29 is 14.3 Å². The lowest BCUT2D eigenvalue weighted by Crippen LogP contribution is -2.22. The topological polar surface area (TPSA) is 47.6 Å². The summed E-state index contributed by atoms with van der Waals surface area (Å²) >= 11 is 0. The fourth-order valence-electron chi connectivity index (χ4n) is 1.90. The number of hydrogen-bond acceptors (Lipinski definition) is 3. The van der Waals surface area contributed by atoms with Gasteiger partial charge in [-0.15, -0.1) is 0 Å². The summed E-state index contributed by atoms with van der Waals surface area (Å²) in [6.45, 7) is 1.86. The number of hydrogen-bond donors (Lipinski definition) is 1. The third-order valence-electron chi connectivity index (χ3n) is 2.78. The van der Waals surface area contributed by atoms with Gasteiger partial charge in [0.2, 0.25) is 0 Å². The number of cyclic esters (lactones) is 1. The standard InChI is InChI=1S/C11H17NO3/c13-11-12-6-10(15-11)8-14-7-9-4-2-1-3-5-9/h1-2,9-10H,3-8H2,(H,12,13)/t9-,10-/m0/s1. The summed E-state index contributed by atoms with van der Waals surface area (Å²) < 4.78 is 10.5. The minimum Gasteiger partial charge on any atom is -0.442 e. The van der Waals surface area contributed by atoms with Gasteiger partial charge in [0.05, 0.1) is 13.2 Å². The SMILES string of the molecule is O=C1NC[C@@H](COC[C@H]2CC=CCC2)O1. The summed E-state index contributed by atoms with van der Waals surface area (Å²) in [5.41, 5.74) is 0. The van der Waals surface area contributed by atoms with Crippen LogP contribution in [0.1, 0.15) is 19.3 Å². The summed E-state index contributed by atoms with van der Waals surface area (Å²) in [5, 5.41) is 2.61. The first-order chi connectivity index (χ1) is 7.34. The van der Waals surface area contributed by atoms with Crippen LogP contribution in [0.2, 0.25) is 0 Å². The van der Waals surface area contributed by atoms with Crippen molar-refractivity contribution >= 4 is 6.09 Å². The van der Waals surface area contributed by atoms with Gasteiger partial charge in [-0.2, -0.15) is 0 Å². The largest absolute Gasteiger partial charge is 0.442 e. The van der Waals surface area contributed by atoms with Crippen molar-refractivity contribution in [2.75, 3.05) is 19.8 Å². The van der Waals surface area contributed by atoms with Crippen LogP contribution in [0, 0.1) is 5.92 Å². The van der Waals surface area contributed by atoms with E-state index in [1.54, 1.807) is 0 Å². The molecule has 0 aromatic heterocycles. The minimum atomic E-state index is -0.329. The second-order valence-corrected chi connectivity index (χ2v) is 4.10. The number of allylic oxidation sites excluding steroid dienone is 2. The number of nitrogens with one attached hydrogen (secondary N) is 1. The smallest absolute Gasteiger partial charge is 0.407 e. The summed E-state index contributed by atoms with van der Waals surface area (Å²) in [6.07, 6.45) is 7.49. The Morgan fingerprint density at radius 2 is 2.40 bits per heavy atom. The van der Waals surface area contributed by atoms with Crippen molar-refractivity contribution in [1.29, 1.82) is 0 Å². The van der Waals surface area contributed by atoms with Gasteiger partial charge in [-0.05, 0) is 25.2 Å². The molecule has 1 aliphatic carbocycles. The molecule has 4 heteroatoms. The molecule has 0 aromatic rings. The van der Waals surface area contributed by atoms with E-state index in [1.165, 1.54) is 6.42 Å². The van der Waals surface area contributed by atoms with E-state index in [-0.39, 0.29) is 12.2 Å². The molecule has 1 saturated heterocycles. The maximum atomic E-state index is 10.7. The molecule has 1 amide bonds. The number of ether oxygens (including phenoxy) is 2. The summed E-state index contributed by atoms with van der Waals surface area (Å²) in [7, 11) is 0. The van der Waals surface area contributed by atoms with E-state index in [4.69, 9.17) is 9.47 Å². The summed E-state index contributed by atoms with van der Waals surface area (Å²) in [5.74, 6) is 0.639. The maximum absolute atomic E-state index is 10.7. The number of rotatable bonds is 4. The van der Waals surface area contributed by atoms with Gasteiger partial charge in [0.15, 0.2) is 0 Å². The highest BCUT2D eigenvalue weighted by atomic mass is 16.6. The van der Waals surface area contributed by atoms with E-state index in [9.17, 15) is 4.79 Å². The molecule has 1 fully saturated rings. The van der Waals surface area contributed by atoms with E-state index in [0.29, 0.717) is 19.1 Å². The number of carbonyl (C=O) groups excluding carboxylic acids is 1. The number of carbonyl (C=O) groups is 1. The Labute approximate surface area is 89.6 Å². The van der Waals surface area contributed by atoms with E-state index >= 15 is 0 Å². The van der Waals surface area contributed by atoms with Crippen LogP contribution >= 0.6 is 0 Å². The van der Waals surface area contributed by atoms with Crippen LogP contribution in [-0.2, 0) is 9.47 Å². The van der Waals surface area contributed by atoms with E-state index in [0.717, 1.165) is 19.4 Å². The molecular formula is C11H17NO3. The van der Waals surface area contributed by atoms with Crippen molar-refractivity contribution in [3.63, 3.8) is 0 Å². The van der Waals surface area contributed by atoms with E-state index in [2.05, 4.69) is 17.5 Å². The Morgan fingerprint density at radius 1 is 1.47 bits per heavy atom. The Balaban J connectivity index is 1.58. The monoisotopic (exact) mass is 211 g/mol. The molecule has 84 valence electrons. The maximum Gasteiger partial charge on any atom is 0.407 e. The van der Waals surface area contributed by atoms with Crippen LogP contribution in [0.15, 0.2) is 12.2 Å². The zero-order chi connectivity index (χ0) is 10.5. The van der Waals surface area contributed by atoms with Crippen LogP contribution in [0.5, 0.6) is 0 Å². The van der Waals surface area contributed by atoms with Gasteiger partial charge in [-0.3, -0.25) is 0 Å². The molecule has 1 heterocycles. The molecule has 2 rings (SSSR count). The highest BCUT2D eigenvalue weighted by molar-refractivity contribution is 5.69. The first-order valence-corrected chi connectivity index (χ1v) is 5.52. The Hall–Kier alpha value is -1.03. The molecule has 1 N–H and O–H groups in total. The zero-order valence-corrected chi connectivity index (χ0v) is 8.78. The predicted molar refractivity (Wildman–Crippen MR) is 55.6 cm³/mol.